The fourth-order valence-electron chi connectivity index (χ4n) is 2.72. The fraction of sp³-hybridized carbons (Fsp3) is 0.692. The Balaban J connectivity index is 1.73. The maximum absolute atomic E-state index is 5.62. The topological polar surface area (TPSA) is 47.0 Å². The molecule has 17 heavy (non-hydrogen) atoms. The third-order valence-corrected chi connectivity index (χ3v) is 3.57. The van der Waals surface area contributed by atoms with Crippen LogP contribution < -0.4 is 5.32 Å². The van der Waals surface area contributed by atoms with E-state index >= 15 is 0 Å². The van der Waals surface area contributed by atoms with Crippen LogP contribution in [0.1, 0.15) is 36.3 Å². The van der Waals surface area contributed by atoms with E-state index in [4.69, 9.17) is 4.74 Å². The van der Waals surface area contributed by atoms with E-state index in [1.54, 1.807) is 0 Å². The molecule has 1 aromatic rings. The summed E-state index contributed by atoms with van der Waals surface area (Å²) in [5.41, 5.74) is 2.57. The lowest BCUT2D eigenvalue weighted by Gasteiger charge is -2.14. The van der Waals surface area contributed by atoms with Gasteiger partial charge in [0.1, 0.15) is 11.6 Å². The zero-order valence-electron chi connectivity index (χ0n) is 10.3. The second-order valence-electron chi connectivity index (χ2n) is 4.91. The summed E-state index contributed by atoms with van der Waals surface area (Å²) in [6, 6.07) is 0. The van der Waals surface area contributed by atoms with Crippen molar-refractivity contribution in [2.24, 2.45) is 0 Å². The van der Waals surface area contributed by atoms with Crippen LogP contribution in [-0.2, 0) is 17.6 Å². The molecule has 2 heterocycles. The summed E-state index contributed by atoms with van der Waals surface area (Å²) in [5.74, 6) is 1.92. The Morgan fingerprint density at radius 1 is 1.29 bits per heavy atom. The first-order chi connectivity index (χ1) is 8.33. The fourth-order valence-corrected chi connectivity index (χ4v) is 2.72. The number of anilines is 1. The highest BCUT2D eigenvalue weighted by atomic mass is 16.5. The van der Waals surface area contributed by atoms with Crippen molar-refractivity contribution in [3.05, 3.63) is 17.1 Å². The molecule has 1 aliphatic heterocycles. The van der Waals surface area contributed by atoms with E-state index in [9.17, 15) is 0 Å². The van der Waals surface area contributed by atoms with Gasteiger partial charge in [-0.25, -0.2) is 9.97 Å². The molecule has 1 aromatic heterocycles. The average Bonchev–Trinajstić information content (AvgIpc) is 2.95. The van der Waals surface area contributed by atoms with E-state index in [1.807, 2.05) is 6.92 Å². The predicted octanol–water partition coefficient (Wildman–Crippen LogP) is 1.86. The number of nitrogens with one attached hydrogen (secondary N) is 1. The van der Waals surface area contributed by atoms with Gasteiger partial charge in [-0.3, -0.25) is 0 Å². The molecule has 0 aromatic carbocycles. The van der Waals surface area contributed by atoms with Crippen molar-refractivity contribution >= 4 is 5.82 Å². The van der Waals surface area contributed by atoms with Crippen molar-refractivity contribution in [3.63, 3.8) is 0 Å². The van der Waals surface area contributed by atoms with Gasteiger partial charge in [0.05, 0.1) is 6.10 Å². The lowest BCUT2D eigenvalue weighted by molar-refractivity contribution is 0.120. The molecule has 3 rings (SSSR count). The highest BCUT2D eigenvalue weighted by Crippen LogP contribution is 2.26. The maximum atomic E-state index is 5.62. The first-order valence-corrected chi connectivity index (χ1v) is 6.55. The van der Waals surface area contributed by atoms with Gasteiger partial charge < -0.3 is 10.1 Å². The summed E-state index contributed by atoms with van der Waals surface area (Å²) in [6.45, 7) is 3.76. The van der Waals surface area contributed by atoms with Crippen LogP contribution in [0.2, 0.25) is 0 Å². The van der Waals surface area contributed by atoms with Gasteiger partial charge in [-0.15, -0.1) is 0 Å². The first kappa shape index (κ1) is 11.0. The second kappa shape index (κ2) is 4.61. The molecular formula is C13H19N3O. The van der Waals surface area contributed by atoms with Crippen LogP contribution in [0.25, 0.3) is 0 Å². The number of ether oxygens (including phenoxy) is 1. The Morgan fingerprint density at radius 3 is 3.06 bits per heavy atom. The highest BCUT2D eigenvalue weighted by molar-refractivity contribution is 5.48. The number of rotatable bonds is 3. The van der Waals surface area contributed by atoms with Gasteiger partial charge in [0.15, 0.2) is 0 Å². The van der Waals surface area contributed by atoms with E-state index in [1.165, 1.54) is 30.5 Å². The summed E-state index contributed by atoms with van der Waals surface area (Å²) < 4.78 is 5.62. The van der Waals surface area contributed by atoms with Crippen LogP contribution in [0.15, 0.2) is 0 Å². The SMILES string of the molecule is Cc1nc2c(c(NC[C@@H]3CCCO3)n1)CCC2. The molecule has 92 valence electrons. The molecule has 2 aliphatic rings. The molecule has 4 heteroatoms. The lowest BCUT2D eigenvalue weighted by Crippen LogP contribution is -2.20. The van der Waals surface area contributed by atoms with Gasteiger partial charge in [-0.1, -0.05) is 0 Å². The average molecular weight is 233 g/mol. The van der Waals surface area contributed by atoms with E-state index in [-0.39, 0.29) is 0 Å². The van der Waals surface area contributed by atoms with Crippen LogP contribution in [0.5, 0.6) is 0 Å². The highest BCUT2D eigenvalue weighted by Gasteiger charge is 2.20. The number of fused-ring (bicyclic) bond motifs is 1. The van der Waals surface area contributed by atoms with Gasteiger partial charge in [0.25, 0.3) is 0 Å². The molecule has 1 atom stereocenters. The largest absolute Gasteiger partial charge is 0.376 e. The summed E-state index contributed by atoms with van der Waals surface area (Å²) >= 11 is 0. The first-order valence-electron chi connectivity index (χ1n) is 6.55. The Kier molecular flexibility index (Phi) is 2.97. The Morgan fingerprint density at radius 2 is 2.24 bits per heavy atom. The molecule has 1 aliphatic carbocycles. The minimum absolute atomic E-state index is 0.363. The number of aryl methyl sites for hydroxylation is 2. The second-order valence-corrected chi connectivity index (χ2v) is 4.91. The molecule has 1 N–H and O–H groups in total. The van der Waals surface area contributed by atoms with Gasteiger partial charge >= 0.3 is 0 Å². The lowest BCUT2D eigenvalue weighted by atomic mass is 10.2. The van der Waals surface area contributed by atoms with Crippen molar-refractivity contribution in [3.8, 4) is 0 Å². The van der Waals surface area contributed by atoms with Crippen LogP contribution in [0.3, 0.4) is 0 Å². The van der Waals surface area contributed by atoms with Crippen molar-refractivity contribution in [1.82, 2.24) is 9.97 Å². The zero-order chi connectivity index (χ0) is 11.7. The third-order valence-electron chi connectivity index (χ3n) is 3.57. The van der Waals surface area contributed by atoms with Gasteiger partial charge in [-0.05, 0) is 39.0 Å². The molecule has 0 saturated carbocycles. The summed E-state index contributed by atoms with van der Waals surface area (Å²) in [6.07, 6.45) is 6.15. The molecule has 1 fully saturated rings. The minimum atomic E-state index is 0.363. The normalized spacial score (nSPS) is 22.8. The van der Waals surface area contributed by atoms with E-state index < -0.39 is 0 Å². The minimum Gasteiger partial charge on any atom is -0.376 e. The van der Waals surface area contributed by atoms with Crippen LogP contribution in [0.4, 0.5) is 5.82 Å². The van der Waals surface area contributed by atoms with Crippen molar-refractivity contribution in [1.29, 1.82) is 0 Å². The van der Waals surface area contributed by atoms with Crippen molar-refractivity contribution in [2.75, 3.05) is 18.5 Å². The van der Waals surface area contributed by atoms with Gasteiger partial charge in [0, 0.05) is 24.4 Å². The Bertz CT molecular complexity index is 413. The van der Waals surface area contributed by atoms with Crippen molar-refractivity contribution in [2.45, 2.75) is 45.1 Å². The third kappa shape index (κ3) is 2.27. The van der Waals surface area contributed by atoms with Gasteiger partial charge in [-0.2, -0.15) is 0 Å². The summed E-state index contributed by atoms with van der Waals surface area (Å²) in [4.78, 5) is 9.04. The number of nitrogens with zero attached hydrogens (tertiary/aromatic N) is 2. The smallest absolute Gasteiger partial charge is 0.133 e. The number of hydrogen-bond acceptors (Lipinski definition) is 4. The molecule has 0 bridgehead atoms. The molecule has 1 saturated heterocycles. The molecule has 0 radical (unpaired) electrons. The summed E-state index contributed by atoms with van der Waals surface area (Å²) in [7, 11) is 0. The van der Waals surface area contributed by atoms with Crippen LogP contribution in [-0.4, -0.2) is 29.2 Å². The maximum Gasteiger partial charge on any atom is 0.133 e. The molecule has 0 unspecified atom stereocenters. The van der Waals surface area contributed by atoms with Crippen molar-refractivity contribution < 1.29 is 4.74 Å². The Hall–Kier alpha value is -1.16. The van der Waals surface area contributed by atoms with Crippen LogP contribution in [0, 0.1) is 6.92 Å². The monoisotopic (exact) mass is 233 g/mol. The molecule has 4 nitrogen and oxygen atoms in total. The molecule has 0 amide bonds. The molecule has 0 spiro atoms. The zero-order valence-corrected chi connectivity index (χ0v) is 10.3. The number of aromatic nitrogens is 2. The van der Waals surface area contributed by atoms with E-state index in [2.05, 4.69) is 15.3 Å². The predicted molar refractivity (Wildman–Crippen MR) is 66.3 cm³/mol. The van der Waals surface area contributed by atoms with E-state index in [0.29, 0.717) is 6.10 Å². The van der Waals surface area contributed by atoms with Gasteiger partial charge in [0.2, 0.25) is 0 Å². The molecular weight excluding hydrogens is 214 g/mol. The van der Waals surface area contributed by atoms with E-state index in [0.717, 1.165) is 37.6 Å². The standard InChI is InChI=1S/C13H19N3O/c1-9-15-12-6-2-5-11(12)13(16-9)14-8-10-4-3-7-17-10/h10H,2-8H2,1H3,(H,14,15,16)/t10-/m0/s1. The van der Waals surface area contributed by atoms with Crippen LogP contribution >= 0.6 is 0 Å². The Labute approximate surface area is 102 Å². The quantitative estimate of drug-likeness (QED) is 0.865. The summed E-state index contributed by atoms with van der Waals surface area (Å²) in [5, 5.41) is 3.45. The number of hydrogen-bond donors (Lipinski definition) is 1.